The van der Waals surface area contributed by atoms with Gasteiger partial charge in [-0.1, -0.05) is 30.3 Å². The maximum absolute atomic E-state index is 5.44. The van der Waals surface area contributed by atoms with Gasteiger partial charge in [-0.3, -0.25) is 0 Å². The molecule has 0 spiro atoms. The fraction of sp³-hybridized carbons (Fsp3) is 0.444. The molecule has 2 heterocycles. The highest BCUT2D eigenvalue weighted by molar-refractivity contribution is 5.64. The maximum Gasteiger partial charge on any atom is 0.228 e. The minimum Gasteiger partial charge on any atom is -0.378 e. The summed E-state index contributed by atoms with van der Waals surface area (Å²) in [6, 6.07) is 12.3. The molecule has 128 valence electrons. The average Bonchev–Trinajstić information content (AvgIpc) is 2.63. The molecule has 1 aliphatic rings. The van der Waals surface area contributed by atoms with Crippen LogP contribution in [0.3, 0.4) is 0 Å². The highest BCUT2D eigenvalue weighted by Gasteiger charge is 2.16. The van der Waals surface area contributed by atoms with Crippen LogP contribution in [0.2, 0.25) is 0 Å². The summed E-state index contributed by atoms with van der Waals surface area (Å²) in [6.07, 6.45) is 0. The van der Waals surface area contributed by atoms with Gasteiger partial charge in [0.1, 0.15) is 5.82 Å². The van der Waals surface area contributed by atoms with Crippen LogP contribution in [0.1, 0.15) is 0 Å². The van der Waals surface area contributed by atoms with Crippen LogP contribution in [0.25, 0.3) is 11.3 Å². The van der Waals surface area contributed by atoms with Crippen LogP contribution in [0, 0.1) is 0 Å². The van der Waals surface area contributed by atoms with Crippen molar-refractivity contribution in [2.24, 2.45) is 0 Å². The van der Waals surface area contributed by atoms with E-state index in [-0.39, 0.29) is 0 Å². The minimum absolute atomic E-state index is 0.725. The number of hydrogen-bond acceptors (Lipinski definition) is 6. The molecular formula is C18H25N5O. The predicted octanol–water partition coefficient (Wildman–Crippen LogP) is 1.95. The first-order valence-electron chi connectivity index (χ1n) is 8.38. The minimum atomic E-state index is 0.725. The van der Waals surface area contributed by atoms with Gasteiger partial charge in [0.05, 0.1) is 18.9 Å². The average molecular weight is 327 g/mol. The molecule has 6 nitrogen and oxygen atoms in total. The molecule has 0 atom stereocenters. The summed E-state index contributed by atoms with van der Waals surface area (Å²) in [7, 11) is 4.13. The molecule has 0 aliphatic carbocycles. The Morgan fingerprint density at radius 3 is 2.58 bits per heavy atom. The van der Waals surface area contributed by atoms with E-state index in [9.17, 15) is 0 Å². The molecule has 24 heavy (non-hydrogen) atoms. The summed E-state index contributed by atoms with van der Waals surface area (Å²) in [5, 5.41) is 3.41. The zero-order valence-electron chi connectivity index (χ0n) is 14.4. The zero-order valence-corrected chi connectivity index (χ0v) is 14.4. The van der Waals surface area contributed by atoms with E-state index in [4.69, 9.17) is 14.7 Å². The highest BCUT2D eigenvalue weighted by Crippen LogP contribution is 2.23. The Morgan fingerprint density at radius 1 is 1.12 bits per heavy atom. The Bertz CT molecular complexity index is 641. The molecule has 1 N–H and O–H groups in total. The molecule has 0 bridgehead atoms. The predicted molar refractivity (Wildman–Crippen MR) is 97.5 cm³/mol. The lowest BCUT2D eigenvalue weighted by molar-refractivity contribution is 0.122. The molecule has 6 heteroatoms. The van der Waals surface area contributed by atoms with Crippen molar-refractivity contribution in [3.05, 3.63) is 36.4 Å². The number of ether oxygens (including phenoxy) is 1. The van der Waals surface area contributed by atoms with Crippen LogP contribution in [0.5, 0.6) is 0 Å². The van der Waals surface area contributed by atoms with Crippen LogP contribution in [-0.4, -0.2) is 68.4 Å². The number of hydrogen-bond donors (Lipinski definition) is 1. The molecule has 1 aromatic heterocycles. The fourth-order valence-electron chi connectivity index (χ4n) is 2.59. The lowest BCUT2D eigenvalue weighted by Gasteiger charge is -2.27. The van der Waals surface area contributed by atoms with E-state index >= 15 is 0 Å². The number of aromatic nitrogens is 2. The van der Waals surface area contributed by atoms with Crippen LogP contribution in [0.15, 0.2) is 36.4 Å². The molecule has 0 amide bonds. The molecule has 1 aromatic carbocycles. The van der Waals surface area contributed by atoms with E-state index in [1.54, 1.807) is 0 Å². The maximum atomic E-state index is 5.44. The normalized spacial score (nSPS) is 14.9. The van der Waals surface area contributed by atoms with Gasteiger partial charge in [-0.05, 0) is 14.1 Å². The van der Waals surface area contributed by atoms with Crippen molar-refractivity contribution in [3.8, 4) is 11.3 Å². The Morgan fingerprint density at radius 2 is 1.88 bits per heavy atom. The van der Waals surface area contributed by atoms with Crippen LogP contribution >= 0.6 is 0 Å². The van der Waals surface area contributed by atoms with Crippen LogP contribution in [-0.2, 0) is 4.74 Å². The quantitative estimate of drug-likeness (QED) is 0.875. The number of anilines is 2. The van der Waals surface area contributed by atoms with Crippen LogP contribution in [0.4, 0.5) is 11.8 Å². The Labute approximate surface area is 143 Å². The third kappa shape index (κ3) is 4.43. The molecule has 1 aliphatic heterocycles. The van der Waals surface area contributed by atoms with Gasteiger partial charge in [-0.15, -0.1) is 0 Å². The third-order valence-corrected chi connectivity index (χ3v) is 3.94. The smallest absolute Gasteiger partial charge is 0.228 e. The van der Waals surface area contributed by atoms with Gasteiger partial charge >= 0.3 is 0 Å². The summed E-state index contributed by atoms with van der Waals surface area (Å²) in [5.74, 6) is 1.64. The molecule has 0 saturated carbocycles. The van der Waals surface area contributed by atoms with Gasteiger partial charge < -0.3 is 19.9 Å². The highest BCUT2D eigenvalue weighted by atomic mass is 16.5. The number of benzene rings is 1. The standard InChI is InChI=1S/C18H25N5O/c1-22(2)9-8-19-17-14-16(15-6-4-3-5-7-15)20-18(21-17)23-10-12-24-13-11-23/h3-7,14H,8-13H2,1-2H3,(H,19,20,21). The van der Waals surface area contributed by atoms with Crippen molar-refractivity contribution < 1.29 is 4.74 Å². The number of likely N-dealkylation sites (N-methyl/N-ethyl adjacent to an activating group) is 1. The van der Waals surface area contributed by atoms with Crippen molar-refractivity contribution in [2.75, 3.05) is 63.7 Å². The van der Waals surface area contributed by atoms with Crippen molar-refractivity contribution in [3.63, 3.8) is 0 Å². The number of nitrogens with zero attached hydrogens (tertiary/aromatic N) is 4. The van der Waals surface area contributed by atoms with Crippen molar-refractivity contribution in [1.82, 2.24) is 14.9 Å². The van der Waals surface area contributed by atoms with E-state index in [1.807, 2.05) is 24.3 Å². The van der Waals surface area contributed by atoms with E-state index in [0.717, 1.165) is 62.4 Å². The Hall–Kier alpha value is -2.18. The van der Waals surface area contributed by atoms with Crippen molar-refractivity contribution >= 4 is 11.8 Å². The van der Waals surface area contributed by atoms with E-state index < -0.39 is 0 Å². The molecular weight excluding hydrogens is 302 g/mol. The van der Waals surface area contributed by atoms with Gasteiger partial charge in [0, 0.05) is 37.8 Å². The first-order chi connectivity index (χ1) is 11.7. The van der Waals surface area contributed by atoms with E-state index in [0.29, 0.717) is 0 Å². The van der Waals surface area contributed by atoms with Gasteiger partial charge in [0.2, 0.25) is 5.95 Å². The summed E-state index contributed by atoms with van der Waals surface area (Å²) >= 11 is 0. The first-order valence-corrected chi connectivity index (χ1v) is 8.38. The monoisotopic (exact) mass is 327 g/mol. The number of rotatable bonds is 6. The third-order valence-electron chi connectivity index (χ3n) is 3.94. The van der Waals surface area contributed by atoms with Gasteiger partial charge in [-0.25, -0.2) is 4.98 Å². The van der Waals surface area contributed by atoms with Gasteiger partial charge in [0.25, 0.3) is 0 Å². The van der Waals surface area contributed by atoms with Crippen LogP contribution < -0.4 is 10.2 Å². The number of morpholine rings is 1. The van der Waals surface area contributed by atoms with Gasteiger partial charge in [0.15, 0.2) is 0 Å². The molecule has 0 unspecified atom stereocenters. The van der Waals surface area contributed by atoms with Gasteiger partial charge in [-0.2, -0.15) is 4.98 Å². The zero-order chi connectivity index (χ0) is 16.8. The first kappa shape index (κ1) is 16.7. The lowest BCUT2D eigenvalue weighted by Crippen LogP contribution is -2.37. The summed E-state index contributed by atoms with van der Waals surface area (Å²) < 4.78 is 5.44. The van der Waals surface area contributed by atoms with E-state index in [1.165, 1.54) is 0 Å². The fourth-order valence-corrected chi connectivity index (χ4v) is 2.59. The SMILES string of the molecule is CN(C)CCNc1cc(-c2ccccc2)nc(N2CCOCC2)n1. The molecule has 3 rings (SSSR count). The molecule has 1 fully saturated rings. The second-order valence-corrected chi connectivity index (χ2v) is 6.13. The summed E-state index contributed by atoms with van der Waals surface area (Å²) in [4.78, 5) is 13.8. The second kappa shape index (κ2) is 8.08. The van der Waals surface area contributed by atoms with E-state index in [2.05, 4.69) is 41.3 Å². The number of nitrogens with one attached hydrogen (secondary N) is 1. The van der Waals surface area contributed by atoms with Crippen molar-refractivity contribution in [2.45, 2.75) is 0 Å². The molecule has 2 aromatic rings. The van der Waals surface area contributed by atoms with Crippen molar-refractivity contribution in [1.29, 1.82) is 0 Å². The molecule has 1 saturated heterocycles. The summed E-state index contributed by atoms with van der Waals surface area (Å²) in [5.41, 5.74) is 2.05. The largest absolute Gasteiger partial charge is 0.378 e. The molecule has 0 radical (unpaired) electrons. The summed E-state index contributed by atoms with van der Waals surface area (Å²) in [6.45, 7) is 4.91. The lowest BCUT2D eigenvalue weighted by atomic mass is 10.1. The Balaban J connectivity index is 1.86. The topological polar surface area (TPSA) is 53.5 Å². The Kier molecular flexibility index (Phi) is 5.61. The second-order valence-electron chi connectivity index (χ2n) is 6.13.